The lowest BCUT2D eigenvalue weighted by Gasteiger charge is -2.22. The predicted octanol–water partition coefficient (Wildman–Crippen LogP) is 3.96. The second-order valence-electron chi connectivity index (χ2n) is 6.69. The summed E-state index contributed by atoms with van der Waals surface area (Å²) in [5.41, 5.74) is 3.56. The fourth-order valence-electron chi connectivity index (χ4n) is 2.97. The van der Waals surface area contributed by atoms with Crippen LogP contribution in [-0.4, -0.2) is 27.9 Å². The van der Waals surface area contributed by atoms with Gasteiger partial charge in [-0.05, 0) is 43.4 Å². The van der Waals surface area contributed by atoms with Crippen molar-refractivity contribution in [2.24, 2.45) is 0 Å². The van der Waals surface area contributed by atoms with Crippen molar-refractivity contribution >= 4 is 11.9 Å². The number of hydrogen-bond donors (Lipinski definition) is 1. The molecule has 1 amide bonds. The first-order chi connectivity index (χ1) is 11.9. The average molecular weight is 341 g/mol. The van der Waals surface area contributed by atoms with E-state index in [1.54, 1.807) is 4.90 Å². The molecule has 3 rings (SSSR count). The van der Waals surface area contributed by atoms with Crippen molar-refractivity contribution in [2.45, 2.75) is 52.6 Å². The van der Waals surface area contributed by atoms with Crippen molar-refractivity contribution in [2.75, 3.05) is 0 Å². The summed E-state index contributed by atoms with van der Waals surface area (Å²) in [7, 11) is 0. The van der Waals surface area contributed by atoms with Gasteiger partial charge in [0.25, 0.3) is 5.91 Å². The molecule has 0 aliphatic heterocycles. The van der Waals surface area contributed by atoms with Crippen LogP contribution in [0.1, 0.15) is 63.1 Å². The Balaban J connectivity index is 1.86. The Morgan fingerprint density at radius 2 is 1.92 bits per heavy atom. The van der Waals surface area contributed by atoms with Gasteiger partial charge in [0.2, 0.25) is 0 Å². The Hall–Kier alpha value is -2.56. The molecule has 1 aromatic heterocycles. The predicted molar refractivity (Wildman–Crippen MR) is 93.9 cm³/mol. The Labute approximate surface area is 147 Å². The summed E-state index contributed by atoms with van der Waals surface area (Å²) >= 11 is 0. The van der Waals surface area contributed by atoms with Crippen LogP contribution < -0.4 is 0 Å². The smallest absolute Gasteiger partial charge is 0.339 e. The molecule has 1 fully saturated rings. The third kappa shape index (κ3) is 3.60. The van der Waals surface area contributed by atoms with Gasteiger partial charge in [0.1, 0.15) is 11.3 Å². The highest BCUT2D eigenvalue weighted by molar-refractivity contribution is 5.96. The Morgan fingerprint density at radius 1 is 1.20 bits per heavy atom. The number of rotatable bonds is 6. The number of aryl methyl sites for hydroxylation is 3. The Morgan fingerprint density at radius 3 is 2.44 bits per heavy atom. The summed E-state index contributed by atoms with van der Waals surface area (Å²) in [6.07, 6.45) is 2.39. The summed E-state index contributed by atoms with van der Waals surface area (Å²) in [6.45, 7) is 6.44. The molecule has 0 radical (unpaired) electrons. The van der Waals surface area contributed by atoms with E-state index in [0.717, 1.165) is 18.4 Å². The zero-order valence-electron chi connectivity index (χ0n) is 14.8. The number of nitrogens with zero attached hydrogens (tertiary/aromatic N) is 1. The fourth-order valence-corrected chi connectivity index (χ4v) is 2.97. The lowest BCUT2D eigenvalue weighted by molar-refractivity contribution is 0.0684. The van der Waals surface area contributed by atoms with Gasteiger partial charge in [0.15, 0.2) is 5.76 Å². The van der Waals surface area contributed by atoms with Crippen LogP contribution in [0.15, 0.2) is 28.7 Å². The maximum Gasteiger partial charge on any atom is 0.339 e. The van der Waals surface area contributed by atoms with E-state index in [4.69, 9.17) is 4.42 Å². The molecule has 5 heteroatoms. The second kappa shape index (κ2) is 6.75. The molecular weight excluding hydrogens is 318 g/mol. The molecule has 0 bridgehead atoms. The van der Waals surface area contributed by atoms with Gasteiger partial charge in [-0.25, -0.2) is 4.79 Å². The SMILES string of the molecule is CCc1oc(C(=O)N(Cc2ccc(C)c(C)c2)C2CC2)cc1C(=O)O. The van der Waals surface area contributed by atoms with Crippen LogP contribution in [0.3, 0.4) is 0 Å². The van der Waals surface area contributed by atoms with Crippen LogP contribution in [0.2, 0.25) is 0 Å². The van der Waals surface area contributed by atoms with Gasteiger partial charge in [-0.1, -0.05) is 25.1 Å². The van der Waals surface area contributed by atoms with E-state index >= 15 is 0 Å². The van der Waals surface area contributed by atoms with Gasteiger partial charge in [0, 0.05) is 25.1 Å². The van der Waals surface area contributed by atoms with E-state index in [-0.39, 0.29) is 23.3 Å². The van der Waals surface area contributed by atoms with Crippen molar-refractivity contribution in [1.29, 1.82) is 0 Å². The van der Waals surface area contributed by atoms with Crippen molar-refractivity contribution in [3.63, 3.8) is 0 Å². The van der Waals surface area contributed by atoms with E-state index in [1.165, 1.54) is 17.2 Å². The fraction of sp³-hybridized carbons (Fsp3) is 0.400. The highest BCUT2D eigenvalue weighted by atomic mass is 16.4. The number of carboxylic acid groups (broad SMARTS) is 1. The van der Waals surface area contributed by atoms with E-state index < -0.39 is 5.97 Å². The van der Waals surface area contributed by atoms with Crippen molar-refractivity contribution in [3.8, 4) is 0 Å². The molecular formula is C20H23NO4. The summed E-state index contributed by atoms with van der Waals surface area (Å²) in [5, 5.41) is 9.26. The summed E-state index contributed by atoms with van der Waals surface area (Å²) in [4.78, 5) is 26.0. The minimum absolute atomic E-state index is 0.0766. The first-order valence-electron chi connectivity index (χ1n) is 8.63. The van der Waals surface area contributed by atoms with Gasteiger partial charge >= 0.3 is 5.97 Å². The minimum atomic E-state index is -1.06. The summed E-state index contributed by atoms with van der Waals surface area (Å²) < 4.78 is 5.55. The number of carbonyl (C=O) groups excluding carboxylic acids is 1. The molecule has 0 unspecified atom stereocenters. The van der Waals surface area contributed by atoms with Crippen LogP contribution >= 0.6 is 0 Å². The van der Waals surface area contributed by atoms with E-state index in [1.807, 2.05) is 13.0 Å². The second-order valence-corrected chi connectivity index (χ2v) is 6.69. The number of furan rings is 1. The number of carbonyl (C=O) groups is 2. The average Bonchev–Trinajstić information content (AvgIpc) is 3.32. The normalized spacial score (nSPS) is 13.7. The molecule has 25 heavy (non-hydrogen) atoms. The molecule has 1 aliphatic carbocycles. The molecule has 2 aromatic rings. The number of aromatic carboxylic acids is 1. The van der Waals surface area contributed by atoms with Crippen LogP contribution in [0, 0.1) is 13.8 Å². The van der Waals surface area contributed by atoms with Crippen molar-refractivity contribution in [3.05, 3.63) is 58.0 Å². The topological polar surface area (TPSA) is 70.8 Å². The first-order valence-corrected chi connectivity index (χ1v) is 8.63. The lowest BCUT2D eigenvalue weighted by atomic mass is 10.1. The molecule has 5 nitrogen and oxygen atoms in total. The standard InChI is InChI=1S/C20H23NO4/c1-4-17-16(20(23)24)10-18(25-17)19(22)21(15-7-8-15)11-14-6-5-12(2)13(3)9-14/h5-6,9-10,15H,4,7-8,11H2,1-3H3,(H,23,24). The molecule has 1 heterocycles. The summed E-state index contributed by atoms with van der Waals surface area (Å²) in [5.74, 6) is -0.836. The lowest BCUT2D eigenvalue weighted by Crippen LogP contribution is -2.32. The van der Waals surface area contributed by atoms with Gasteiger partial charge in [-0.3, -0.25) is 4.79 Å². The highest BCUT2D eigenvalue weighted by Gasteiger charge is 2.35. The molecule has 0 spiro atoms. The quantitative estimate of drug-likeness (QED) is 0.863. The summed E-state index contributed by atoms with van der Waals surface area (Å²) in [6, 6.07) is 7.76. The molecule has 1 aliphatic rings. The molecule has 132 valence electrons. The van der Waals surface area contributed by atoms with Crippen LogP contribution in [0.25, 0.3) is 0 Å². The van der Waals surface area contributed by atoms with Crippen molar-refractivity contribution in [1.82, 2.24) is 4.90 Å². The van der Waals surface area contributed by atoms with Crippen LogP contribution in [-0.2, 0) is 13.0 Å². The number of carboxylic acids is 1. The third-order valence-corrected chi connectivity index (χ3v) is 4.74. The van der Waals surface area contributed by atoms with Crippen LogP contribution in [0.5, 0.6) is 0 Å². The largest absolute Gasteiger partial charge is 0.478 e. The Bertz CT molecular complexity index is 817. The van der Waals surface area contributed by atoms with Gasteiger partial charge < -0.3 is 14.4 Å². The van der Waals surface area contributed by atoms with Gasteiger partial charge in [-0.15, -0.1) is 0 Å². The van der Waals surface area contributed by atoms with Gasteiger partial charge in [0.05, 0.1) is 0 Å². The third-order valence-electron chi connectivity index (χ3n) is 4.74. The molecule has 1 aromatic carbocycles. The van der Waals surface area contributed by atoms with E-state index in [0.29, 0.717) is 18.7 Å². The number of hydrogen-bond acceptors (Lipinski definition) is 3. The zero-order chi connectivity index (χ0) is 18.1. The van der Waals surface area contributed by atoms with Crippen LogP contribution in [0.4, 0.5) is 0 Å². The monoisotopic (exact) mass is 341 g/mol. The highest BCUT2D eigenvalue weighted by Crippen LogP contribution is 2.31. The maximum absolute atomic E-state index is 12.9. The molecule has 0 saturated heterocycles. The molecule has 1 N–H and O–H groups in total. The minimum Gasteiger partial charge on any atom is -0.478 e. The number of amides is 1. The molecule has 1 saturated carbocycles. The van der Waals surface area contributed by atoms with Gasteiger partial charge in [-0.2, -0.15) is 0 Å². The maximum atomic E-state index is 12.9. The molecule has 0 atom stereocenters. The number of benzene rings is 1. The first kappa shape index (κ1) is 17.3. The van der Waals surface area contributed by atoms with E-state index in [2.05, 4.69) is 26.0 Å². The zero-order valence-corrected chi connectivity index (χ0v) is 14.8. The Kier molecular flexibility index (Phi) is 4.66. The van der Waals surface area contributed by atoms with E-state index in [9.17, 15) is 14.7 Å². The van der Waals surface area contributed by atoms with Crippen molar-refractivity contribution < 1.29 is 19.1 Å².